The van der Waals surface area contributed by atoms with Crippen LogP contribution >= 0.6 is 11.3 Å². The summed E-state index contributed by atoms with van der Waals surface area (Å²) in [6.45, 7) is 2.84. The molecule has 3 nitrogen and oxygen atoms in total. The molecule has 4 heteroatoms. The Kier molecular flexibility index (Phi) is 4.43. The molecule has 1 saturated carbocycles. The summed E-state index contributed by atoms with van der Waals surface area (Å²) in [5.74, 6) is 0. The van der Waals surface area contributed by atoms with Gasteiger partial charge in [0.15, 0.2) is 0 Å². The van der Waals surface area contributed by atoms with Crippen LogP contribution in [0.5, 0.6) is 0 Å². The molecule has 20 heavy (non-hydrogen) atoms. The van der Waals surface area contributed by atoms with Gasteiger partial charge in [-0.05, 0) is 39.0 Å². The quantitative estimate of drug-likeness (QED) is 0.839. The van der Waals surface area contributed by atoms with Crippen LogP contribution in [0.2, 0.25) is 0 Å². The van der Waals surface area contributed by atoms with Crippen molar-refractivity contribution in [2.75, 3.05) is 6.54 Å². The van der Waals surface area contributed by atoms with Gasteiger partial charge in [-0.15, -0.1) is 11.3 Å². The molecular weight excluding hydrogens is 268 g/mol. The monoisotopic (exact) mass is 294 g/mol. The highest BCUT2D eigenvalue weighted by Crippen LogP contribution is 2.35. The Bertz CT molecular complexity index is 449. The predicted molar refractivity (Wildman–Crippen MR) is 83.2 cm³/mol. The van der Waals surface area contributed by atoms with Gasteiger partial charge in [0.1, 0.15) is 0 Å². The first kappa shape index (κ1) is 14.5. The molecule has 0 aromatic carbocycles. The van der Waals surface area contributed by atoms with Gasteiger partial charge >= 0.3 is 0 Å². The maximum Gasteiger partial charge on any atom is 0.0900 e. The lowest BCUT2D eigenvalue weighted by Crippen LogP contribution is -2.42. The lowest BCUT2D eigenvalue weighted by molar-refractivity contribution is 0.0222. The van der Waals surface area contributed by atoms with E-state index in [1.54, 1.807) is 0 Å². The second kappa shape index (κ2) is 6.12. The highest BCUT2D eigenvalue weighted by atomic mass is 32.1. The van der Waals surface area contributed by atoms with Crippen molar-refractivity contribution in [2.24, 2.45) is 0 Å². The summed E-state index contributed by atoms with van der Waals surface area (Å²) < 4.78 is 0. The van der Waals surface area contributed by atoms with Gasteiger partial charge in [0.25, 0.3) is 0 Å². The van der Waals surface area contributed by atoms with E-state index in [1.165, 1.54) is 54.1 Å². The van der Waals surface area contributed by atoms with E-state index in [2.05, 4.69) is 17.2 Å². The summed E-state index contributed by atoms with van der Waals surface area (Å²) in [4.78, 5) is 6.07. The lowest BCUT2D eigenvalue weighted by atomic mass is 9.92. The van der Waals surface area contributed by atoms with E-state index < -0.39 is 5.60 Å². The molecule has 1 fully saturated rings. The van der Waals surface area contributed by atoms with Gasteiger partial charge in [0.05, 0.1) is 16.3 Å². The SMILES string of the molecule is Cc1nc2c(s1)C(NCC1(O)CCCCCC1)CCC2. The van der Waals surface area contributed by atoms with E-state index in [1.807, 2.05) is 11.3 Å². The standard InChI is InChI=1S/C16H26N2OS/c1-12-18-14-8-6-7-13(15(14)20-12)17-11-16(19)9-4-2-3-5-10-16/h13,17,19H,2-11H2,1H3. The molecule has 0 radical (unpaired) electrons. The Balaban J connectivity index is 1.63. The van der Waals surface area contributed by atoms with Gasteiger partial charge < -0.3 is 10.4 Å². The summed E-state index contributed by atoms with van der Waals surface area (Å²) in [7, 11) is 0. The van der Waals surface area contributed by atoms with Crippen molar-refractivity contribution in [3.8, 4) is 0 Å². The maximum atomic E-state index is 10.8. The first-order valence-electron chi connectivity index (χ1n) is 8.08. The van der Waals surface area contributed by atoms with Gasteiger partial charge in [-0.1, -0.05) is 25.7 Å². The molecule has 1 aromatic heterocycles. The van der Waals surface area contributed by atoms with Gasteiger partial charge in [-0.3, -0.25) is 0 Å². The van der Waals surface area contributed by atoms with Crippen LogP contribution in [-0.4, -0.2) is 22.2 Å². The third-order valence-corrected chi connectivity index (χ3v) is 5.90. The first-order valence-corrected chi connectivity index (χ1v) is 8.90. The van der Waals surface area contributed by atoms with Crippen molar-refractivity contribution in [1.82, 2.24) is 10.3 Å². The number of aromatic nitrogens is 1. The number of nitrogens with zero attached hydrogens (tertiary/aromatic N) is 1. The van der Waals surface area contributed by atoms with Gasteiger partial charge in [-0.25, -0.2) is 4.98 Å². The molecule has 0 spiro atoms. The summed E-state index contributed by atoms with van der Waals surface area (Å²) in [5.41, 5.74) is 0.817. The van der Waals surface area contributed by atoms with E-state index in [0.29, 0.717) is 6.04 Å². The summed E-state index contributed by atoms with van der Waals surface area (Å²) in [5, 5.41) is 15.6. The minimum Gasteiger partial charge on any atom is -0.389 e. The first-order chi connectivity index (χ1) is 9.66. The second-order valence-electron chi connectivity index (χ2n) is 6.51. The number of fused-ring (bicyclic) bond motifs is 1. The Labute approximate surface area is 125 Å². The number of rotatable bonds is 3. The van der Waals surface area contributed by atoms with E-state index in [0.717, 1.165) is 25.8 Å². The van der Waals surface area contributed by atoms with E-state index in [4.69, 9.17) is 0 Å². The van der Waals surface area contributed by atoms with Crippen molar-refractivity contribution in [3.05, 3.63) is 15.6 Å². The van der Waals surface area contributed by atoms with Crippen molar-refractivity contribution in [1.29, 1.82) is 0 Å². The number of aryl methyl sites for hydroxylation is 2. The van der Waals surface area contributed by atoms with Crippen molar-refractivity contribution in [3.63, 3.8) is 0 Å². The zero-order valence-electron chi connectivity index (χ0n) is 12.5. The average molecular weight is 294 g/mol. The largest absolute Gasteiger partial charge is 0.389 e. The minimum atomic E-state index is -0.478. The number of aliphatic hydroxyl groups is 1. The number of hydrogen-bond donors (Lipinski definition) is 2. The van der Waals surface area contributed by atoms with Crippen LogP contribution in [0.25, 0.3) is 0 Å². The molecule has 2 aliphatic carbocycles. The third kappa shape index (κ3) is 3.23. The number of thiazole rings is 1. The summed E-state index contributed by atoms with van der Waals surface area (Å²) in [6.07, 6.45) is 10.4. The molecule has 0 bridgehead atoms. The molecule has 3 rings (SSSR count). The molecule has 1 atom stereocenters. The van der Waals surface area contributed by atoms with Crippen LogP contribution in [0.1, 0.15) is 73.0 Å². The molecule has 0 amide bonds. The molecule has 2 N–H and O–H groups in total. The predicted octanol–water partition coefficient (Wildman–Crippen LogP) is 3.50. The summed E-state index contributed by atoms with van der Waals surface area (Å²) in [6, 6.07) is 0.414. The van der Waals surface area contributed by atoms with E-state index >= 15 is 0 Å². The molecule has 2 aliphatic rings. The highest BCUT2D eigenvalue weighted by molar-refractivity contribution is 7.11. The zero-order valence-corrected chi connectivity index (χ0v) is 13.3. The Morgan fingerprint density at radius 1 is 1.25 bits per heavy atom. The fourth-order valence-electron chi connectivity index (χ4n) is 3.61. The molecule has 1 aromatic rings. The fraction of sp³-hybridized carbons (Fsp3) is 0.812. The van der Waals surface area contributed by atoms with Crippen LogP contribution in [-0.2, 0) is 6.42 Å². The molecule has 0 aliphatic heterocycles. The summed E-state index contributed by atoms with van der Waals surface area (Å²) >= 11 is 1.83. The third-order valence-electron chi connectivity index (χ3n) is 4.77. The van der Waals surface area contributed by atoms with Crippen molar-refractivity contribution >= 4 is 11.3 Å². The van der Waals surface area contributed by atoms with E-state index in [9.17, 15) is 5.11 Å². The van der Waals surface area contributed by atoms with Crippen LogP contribution < -0.4 is 5.32 Å². The van der Waals surface area contributed by atoms with Crippen LogP contribution in [0.4, 0.5) is 0 Å². The number of hydrogen-bond acceptors (Lipinski definition) is 4. The van der Waals surface area contributed by atoms with Crippen LogP contribution in [0, 0.1) is 6.92 Å². The fourth-order valence-corrected chi connectivity index (χ4v) is 4.70. The normalized spacial score (nSPS) is 26.0. The molecule has 0 saturated heterocycles. The molecule has 1 heterocycles. The zero-order chi connectivity index (χ0) is 14.0. The minimum absolute atomic E-state index is 0.414. The van der Waals surface area contributed by atoms with Gasteiger partial charge in [0.2, 0.25) is 0 Å². The van der Waals surface area contributed by atoms with Crippen molar-refractivity contribution in [2.45, 2.75) is 76.4 Å². The Hall–Kier alpha value is -0.450. The van der Waals surface area contributed by atoms with Crippen molar-refractivity contribution < 1.29 is 5.11 Å². The average Bonchev–Trinajstić information content (AvgIpc) is 2.67. The van der Waals surface area contributed by atoms with Crippen LogP contribution in [0.15, 0.2) is 0 Å². The topological polar surface area (TPSA) is 45.2 Å². The second-order valence-corrected chi connectivity index (χ2v) is 7.74. The highest BCUT2D eigenvalue weighted by Gasteiger charge is 2.30. The van der Waals surface area contributed by atoms with Gasteiger partial charge in [-0.2, -0.15) is 0 Å². The lowest BCUT2D eigenvalue weighted by Gasteiger charge is -2.31. The molecule has 112 valence electrons. The molecule has 1 unspecified atom stereocenters. The molecular formula is C16H26N2OS. The van der Waals surface area contributed by atoms with Gasteiger partial charge in [0, 0.05) is 17.5 Å². The smallest absolute Gasteiger partial charge is 0.0900 e. The Morgan fingerprint density at radius 2 is 2.00 bits per heavy atom. The van der Waals surface area contributed by atoms with Crippen LogP contribution in [0.3, 0.4) is 0 Å². The maximum absolute atomic E-state index is 10.8. The number of nitrogens with one attached hydrogen (secondary N) is 1. The Morgan fingerprint density at radius 3 is 2.75 bits per heavy atom. The van der Waals surface area contributed by atoms with E-state index in [-0.39, 0.29) is 0 Å².